The number of nitrogens with zero attached hydrogens (tertiary/aromatic N) is 8. The number of nitro groups is 1. The molecule has 1 aromatic carbocycles. The third-order valence-corrected chi connectivity index (χ3v) is 5.87. The number of halogens is 2. The Bertz CT molecular complexity index is 1260. The molecule has 2 aliphatic heterocycles. The van der Waals surface area contributed by atoms with Crippen LogP contribution in [0.2, 0.25) is 0 Å². The molecule has 3 aromatic rings. The minimum Gasteiger partial charge on any atom is -0.378 e. The number of imidazole rings is 1. The van der Waals surface area contributed by atoms with E-state index in [1.165, 1.54) is 12.1 Å². The highest BCUT2D eigenvalue weighted by molar-refractivity contribution is 5.80. The molecule has 0 spiro atoms. The van der Waals surface area contributed by atoms with Crippen molar-refractivity contribution in [2.45, 2.75) is 25.9 Å². The minimum atomic E-state index is -2.96. The highest BCUT2D eigenvalue weighted by Gasteiger charge is 2.31. The van der Waals surface area contributed by atoms with Gasteiger partial charge in [-0.15, -0.1) is 0 Å². The van der Waals surface area contributed by atoms with Crippen LogP contribution in [-0.2, 0) is 9.47 Å². The van der Waals surface area contributed by atoms with E-state index in [2.05, 4.69) is 19.9 Å². The summed E-state index contributed by atoms with van der Waals surface area (Å²) >= 11 is 0. The number of nitro benzene ring substituents is 1. The van der Waals surface area contributed by atoms with Gasteiger partial charge in [-0.1, -0.05) is 0 Å². The Morgan fingerprint density at radius 3 is 2.31 bits per heavy atom. The molecule has 0 atom stereocenters. The van der Waals surface area contributed by atoms with E-state index in [-0.39, 0.29) is 22.7 Å². The molecule has 0 unspecified atom stereocenters. The van der Waals surface area contributed by atoms with Gasteiger partial charge in [-0.3, -0.25) is 14.7 Å². The first-order valence-electron chi connectivity index (χ1n) is 11.1. The number of hydrogen-bond acceptors (Lipinski definition) is 10. The molecule has 0 aliphatic carbocycles. The number of non-ortho nitro benzene ring substituents is 1. The Kier molecular flexibility index (Phi) is 5.92. The lowest BCUT2D eigenvalue weighted by Gasteiger charge is -2.38. The zero-order valence-corrected chi connectivity index (χ0v) is 19.2. The van der Waals surface area contributed by atoms with E-state index in [0.717, 1.165) is 10.6 Å². The normalized spacial score (nSPS) is 18.4. The predicted octanol–water partition coefficient (Wildman–Crippen LogP) is 2.51. The van der Waals surface area contributed by atoms with Crippen molar-refractivity contribution in [2.24, 2.45) is 0 Å². The fourth-order valence-electron chi connectivity index (χ4n) is 4.23. The Labute approximate surface area is 198 Å². The highest BCUT2D eigenvalue weighted by Crippen LogP contribution is 2.30. The van der Waals surface area contributed by atoms with Crippen molar-refractivity contribution in [3.05, 3.63) is 34.1 Å². The first-order valence-corrected chi connectivity index (χ1v) is 11.1. The molecule has 2 fully saturated rings. The summed E-state index contributed by atoms with van der Waals surface area (Å²) in [5.74, 6) is 0.0266. The Balaban J connectivity index is 1.68. The summed E-state index contributed by atoms with van der Waals surface area (Å²) in [7, 11) is 0. The van der Waals surface area contributed by atoms with Crippen molar-refractivity contribution >= 4 is 28.6 Å². The van der Waals surface area contributed by atoms with Crippen molar-refractivity contribution < 1.29 is 23.2 Å². The molecule has 5 rings (SSSR count). The maximum Gasteiger partial charge on any atom is 0.296 e. The molecule has 186 valence electrons. The standard InChI is InChI=1S/C21H24F2N8O4/c1-21(2)12-29(7-10-35-21)19-25-18(28-5-8-34-9-6-28)26-20(27-19)30-15-4-3-13(31(32)33)11-14(15)24-17(30)16(22)23/h3-4,11,16H,5-10,12H2,1-2H3. The number of aromatic nitrogens is 5. The maximum atomic E-state index is 14.1. The molecule has 0 saturated carbocycles. The number of benzene rings is 1. The van der Waals surface area contributed by atoms with Gasteiger partial charge in [0, 0.05) is 38.3 Å². The molecule has 35 heavy (non-hydrogen) atoms. The number of fused-ring (bicyclic) bond motifs is 1. The zero-order valence-electron chi connectivity index (χ0n) is 19.2. The number of rotatable bonds is 5. The summed E-state index contributed by atoms with van der Waals surface area (Å²) in [6, 6.07) is 3.78. The van der Waals surface area contributed by atoms with E-state index >= 15 is 0 Å². The van der Waals surface area contributed by atoms with E-state index in [0.29, 0.717) is 57.9 Å². The Morgan fingerprint density at radius 1 is 1.00 bits per heavy atom. The smallest absolute Gasteiger partial charge is 0.296 e. The van der Waals surface area contributed by atoms with Crippen LogP contribution in [0.5, 0.6) is 0 Å². The highest BCUT2D eigenvalue weighted by atomic mass is 19.3. The third kappa shape index (κ3) is 4.58. The molecule has 0 N–H and O–H groups in total. The van der Waals surface area contributed by atoms with Gasteiger partial charge >= 0.3 is 0 Å². The van der Waals surface area contributed by atoms with Gasteiger partial charge in [0.25, 0.3) is 12.1 Å². The molecule has 0 radical (unpaired) electrons. The quantitative estimate of drug-likeness (QED) is 0.389. The minimum absolute atomic E-state index is 0.0348. The number of alkyl halides is 2. The van der Waals surface area contributed by atoms with E-state index in [9.17, 15) is 18.9 Å². The topological polar surface area (TPSA) is 125 Å². The maximum absolute atomic E-state index is 14.1. The molecular formula is C21H24F2N8O4. The average Bonchev–Trinajstić information content (AvgIpc) is 3.23. The second kappa shape index (κ2) is 8.92. The van der Waals surface area contributed by atoms with Gasteiger partial charge in [-0.2, -0.15) is 15.0 Å². The fourth-order valence-corrected chi connectivity index (χ4v) is 4.23. The second-order valence-electron chi connectivity index (χ2n) is 8.90. The summed E-state index contributed by atoms with van der Waals surface area (Å²) in [6.07, 6.45) is -2.96. The molecule has 12 nitrogen and oxygen atoms in total. The van der Waals surface area contributed by atoms with Crippen molar-refractivity contribution in [2.75, 3.05) is 55.8 Å². The zero-order chi connectivity index (χ0) is 24.7. The molecular weight excluding hydrogens is 466 g/mol. The lowest BCUT2D eigenvalue weighted by atomic mass is 10.1. The van der Waals surface area contributed by atoms with Crippen LogP contribution in [0.4, 0.5) is 26.4 Å². The molecule has 2 saturated heterocycles. The molecule has 14 heteroatoms. The van der Waals surface area contributed by atoms with Crippen LogP contribution in [0.3, 0.4) is 0 Å². The van der Waals surface area contributed by atoms with Gasteiger partial charge in [0.2, 0.25) is 17.8 Å². The van der Waals surface area contributed by atoms with Crippen molar-refractivity contribution in [1.29, 1.82) is 0 Å². The first kappa shape index (κ1) is 23.2. The molecule has 4 heterocycles. The molecule has 2 aromatic heterocycles. The molecule has 2 aliphatic rings. The number of ether oxygens (including phenoxy) is 2. The van der Waals surface area contributed by atoms with Crippen LogP contribution >= 0.6 is 0 Å². The third-order valence-electron chi connectivity index (χ3n) is 5.87. The second-order valence-corrected chi connectivity index (χ2v) is 8.90. The summed E-state index contributed by atoms with van der Waals surface area (Å²) in [4.78, 5) is 32.2. The van der Waals surface area contributed by atoms with E-state index < -0.39 is 22.8 Å². The summed E-state index contributed by atoms with van der Waals surface area (Å²) in [5, 5.41) is 11.2. The van der Waals surface area contributed by atoms with E-state index in [1.54, 1.807) is 0 Å². The van der Waals surface area contributed by atoms with Gasteiger partial charge in [0.05, 0.1) is 41.4 Å². The fraction of sp³-hybridized carbons (Fsp3) is 0.524. The van der Waals surface area contributed by atoms with Crippen LogP contribution < -0.4 is 9.80 Å². The van der Waals surface area contributed by atoms with Crippen molar-refractivity contribution in [1.82, 2.24) is 24.5 Å². The Hall–Kier alpha value is -3.52. The SMILES string of the molecule is CC1(C)CN(c2nc(N3CCOCC3)nc(-n3c(C(F)F)nc4cc([N+](=O)[O-])ccc43)n2)CCO1. The number of anilines is 2. The number of hydrogen-bond donors (Lipinski definition) is 0. The summed E-state index contributed by atoms with van der Waals surface area (Å²) in [6.45, 7) is 7.44. The molecule has 0 amide bonds. The van der Waals surface area contributed by atoms with Crippen LogP contribution in [0.1, 0.15) is 26.1 Å². The lowest BCUT2D eigenvalue weighted by Crippen LogP contribution is -2.49. The Morgan fingerprint density at radius 2 is 1.66 bits per heavy atom. The monoisotopic (exact) mass is 490 g/mol. The van der Waals surface area contributed by atoms with Crippen LogP contribution in [-0.4, -0.2) is 81.0 Å². The van der Waals surface area contributed by atoms with Crippen LogP contribution in [0.15, 0.2) is 18.2 Å². The summed E-state index contributed by atoms with van der Waals surface area (Å²) in [5.41, 5.74) is -0.405. The van der Waals surface area contributed by atoms with E-state index in [4.69, 9.17) is 9.47 Å². The van der Waals surface area contributed by atoms with Crippen molar-refractivity contribution in [3.8, 4) is 5.95 Å². The number of morpholine rings is 2. The van der Waals surface area contributed by atoms with Crippen molar-refractivity contribution in [3.63, 3.8) is 0 Å². The van der Waals surface area contributed by atoms with Crippen LogP contribution in [0, 0.1) is 10.1 Å². The lowest BCUT2D eigenvalue weighted by molar-refractivity contribution is -0.384. The summed E-state index contributed by atoms with van der Waals surface area (Å²) < 4.78 is 40.5. The first-order chi connectivity index (χ1) is 16.7. The molecule has 0 bridgehead atoms. The van der Waals surface area contributed by atoms with Gasteiger partial charge in [-0.25, -0.2) is 13.8 Å². The van der Waals surface area contributed by atoms with Gasteiger partial charge in [-0.05, 0) is 19.9 Å². The van der Waals surface area contributed by atoms with Crippen LogP contribution in [0.25, 0.3) is 17.0 Å². The largest absolute Gasteiger partial charge is 0.378 e. The van der Waals surface area contributed by atoms with Gasteiger partial charge in [0.15, 0.2) is 5.82 Å². The van der Waals surface area contributed by atoms with E-state index in [1.807, 2.05) is 23.6 Å². The van der Waals surface area contributed by atoms with Gasteiger partial charge in [0.1, 0.15) is 0 Å². The van der Waals surface area contributed by atoms with Gasteiger partial charge < -0.3 is 19.3 Å². The predicted molar refractivity (Wildman–Crippen MR) is 121 cm³/mol. The average molecular weight is 490 g/mol.